The molecule has 4 atom stereocenters. The molecule has 0 fully saturated rings. The van der Waals surface area contributed by atoms with E-state index in [1.54, 1.807) is 0 Å². The highest BCUT2D eigenvalue weighted by atomic mass is 32.3. The molecule has 186 valence electrons. The second-order valence-corrected chi connectivity index (χ2v) is 12.5. The number of thiophene rings is 1. The third-order valence-electron chi connectivity index (χ3n) is 4.54. The average molecular weight is 526 g/mol. The number of sulfonamides is 2. The highest BCUT2D eigenvalue weighted by molar-refractivity contribution is 7.94. The van der Waals surface area contributed by atoms with E-state index >= 15 is 0 Å². The summed E-state index contributed by atoms with van der Waals surface area (Å²) >= 11 is 0.602. The molecule has 0 saturated carbocycles. The highest BCUT2D eigenvalue weighted by Gasteiger charge is 2.38. The maximum absolute atomic E-state index is 12.7. The maximum atomic E-state index is 12.7. The molecule has 2 N–H and O–H groups in total. The Balaban J connectivity index is 2.18. The van der Waals surface area contributed by atoms with Crippen LogP contribution in [0.1, 0.15) is 39.3 Å². The molecule has 1 aliphatic heterocycles. The van der Waals surface area contributed by atoms with E-state index in [0.717, 1.165) is 10.5 Å². The van der Waals surface area contributed by atoms with Crippen LogP contribution in [0, 0.1) is 0 Å². The summed E-state index contributed by atoms with van der Waals surface area (Å²) in [5.74, 6) is -1.98. The largest absolute Gasteiger partial charge is 0.454 e. The van der Waals surface area contributed by atoms with Crippen LogP contribution in [-0.2, 0) is 39.1 Å². The number of esters is 2. The molecule has 0 spiro atoms. The topological polar surface area (TPSA) is 169 Å². The molecule has 12 nitrogen and oxygen atoms in total. The zero-order chi connectivity index (χ0) is 25.1. The minimum atomic E-state index is -4.27. The minimum Gasteiger partial charge on any atom is -0.454 e. The average Bonchev–Trinajstić information content (AvgIpc) is 3.18. The van der Waals surface area contributed by atoms with Crippen molar-refractivity contribution in [3.05, 3.63) is 11.6 Å². The first kappa shape index (κ1) is 27.3. The summed E-state index contributed by atoms with van der Waals surface area (Å²) in [6, 6.07) is 0.923. The van der Waals surface area contributed by atoms with Gasteiger partial charge in [-0.2, -0.15) is 17.1 Å². The van der Waals surface area contributed by atoms with Gasteiger partial charge < -0.3 is 19.9 Å². The molecule has 15 heteroatoms. The number of fused-ring (bicyclic) bond motifs is 1. The van der Waals surface area contributed by atoms with Crippen molar-refractivity contribution in [2.45, 2.75) is 60.5 Å². The summed E-state index contributed by atoms with van der Waals surface area (Å²) in [4.78, 5) is 23.3. The fourth-order valence-electron chi connectivity index (χ4n) is 2.80. The lowest BCUT2D eigenvalue weighted by atomic mass is 10.1. The molecule has 0 bridgehead atoms. The Hall–Kier alpha value is -1.91. The summed E-state index contributed by atoms with van der Waals surface area (Å²) in [6.45, 7) is 6.33. The number of carbonyl (C=O) groups is 2. The van der Waals surface area contributed by atoms with Crippen molar-refractivity contribution in [3.63, 3.8) is 0 Å². The number of nitrogens with one attached hydrogen (secondary N) is 1. The molecule has 1 aromatic rings. The summed E-state index contributed by atoms with van der Waals surface area (Å²) in [5, 5.41) is 12.2. The Bertz CT molecular complexity index is 1130. The van der Waals surface area contributed by atoms with Gasteiger partial charge in [0, 0.05) is 25.2 Å². The van der Waals surface area contributed by atoms with Crippen molar-refractivity contribution in [1.82, 2.24) is 9.62 Å². The van der Waals surface area contributed by atoms with Gasteiger partial charge in [-0.05, 0) is 33.4 Å². The molecular formula is C18H27N3O9S3. The molecule has 2 rings (SSSR count). The van der Waals surface area contributed by atoms with E-state index in [1.807, 2.05) is 6.92 Å². The first-order chi connectivity index (χ1) is 15.2. The van der Waals surface area contributed by atoms with Crippen LogP contribution in [0.25, 0.3) is 0 Å². The Morgan fingerprint density at radius 1 is 1.33 bits per heavy atom. The molecular weight excluding hydrogens is 498 g/mol. The zero-order valence-electron chi connectivity index (χ0n) is 18.7. The van der Waals surface area contributed by atoms with Crippen LogP contribution in [0.5, 0.6) is 0 Å². The monoisotopic (exact) mass is 525 g/mol. The second kappa shape index (κ2) is 10.6. The SMILES string of the molecule is CCN[C@H]1CN(C)S(=O)(=O)c2sc(S(=O)(=O)N=CC(C)OC(=O)C(C)OC(=O)C(C)O)cc21. The van der Waals surface area contributed by atoms with E-state index in [4.69, 9.17) is 14.6 Å². The van der Waals surface area contributed by atoms with Gasteiger partial charge in [0.25, 0.3) is 20.0 Å². The van der Waals surface area contributed by atoms with Crippen LogP contribution in [-0.4, -0.2) is 82.8 Å². The van der Waals surface area contributed by atoms with E-state index in [0.29, 0.717) is 23.4 Å². The molecule has 1 aliphatic rings. The molecule has 0 radical (unpaired) electrons. The summed E-state index contributed by atoms with van der Waals surface area (Å²) < 4.78 is 64.7. The van der Waals surface area contributed by atoms with Crippen LogP contribution in [0.2, 0.25) is 0 Å². The first-order valence-corrected chi connectivity index (χ1v) is 13.6. The third-order valence-corrected chi connectivity index (χ3v) is 9.75. The number of ether oxygens (including phenoxy) is 2. The molecule has 2 heterocycles. The fourth-order valence-corrected chi connectivity index (χ4v) is 7.36. The van der Waals surface area contributed by atoms with Gasteiger partial charge >= 0.3 is 11.9 Å². The number of aliphatic hydroxyl groups is 1. The number of carbonyl (C=O) groups excluding carboxylic acids is 2. The normalized spacial score (nSPS) is 21.2. The van der Waals surface area contributed by atoms with Gasteiger partial charge in [-0.15, -0.1) is 11.3 Å². The van der Waals surface area contributed by atoms with Gasteiger partial charge in [0.15, 0.2) is 6.10 Å². The van der Waals surface area contributed by atoms with E-state index in [9.17, 15) is 26.4 Å². The Kier molecular flexibility index (Phi) is 8.75. The lowest BCUT2D eigenvalue weighted by Crippen LogP contribution is -2.40. The molecule has 33 heavy (non-hydrogen) atoms. The van der Waals surface area contributed by atoms with E-state index in [2.05, 4.69) is 9.71 Å². The second-order valence-electron chi connectivity index (χ2n) is 7.33. The van der Waals surface area contributed by atoms with E-state index in [1.165, 1.54) is 33.9 Å². The van der Waals surface area contributed by atoms with Gasteiger partial charge in [-0.1, -0.05) is 6.92 Å². The molecule has 3 unspecified atom stereocenters. The van der Waals surface area contributed by atoms with E-state index in [-0.39, 0.29) is 21.0 Å². The van der Waals surface area contributed by atoms with Gasteiger partial charge in [0.2, 0.25) is 0 Å². The Morgan fingerprint density at radius 2 is 1.97 bits per heavy atom. The number of nitrogens with zero attached hydrogens (tertiary/aromatic N) is 2. The van der Waals surface area contributed by atoms with Crippen molar-refractivity contribution in [2.24, 2.45) is 4.40 Å². The van der Waals surface area contributed by atoms with Crippen LogP contribution in [0.15, 0.2) is 18.9 Å². The Morgan fingerprint density at radius 3 is 2.55 bits per heavy atom. The van der Waals surface area contributed by atoms with Gasteiger partial charge in [-0.3, -0.25) is 0 Å². The van der Waals surface area contributed by atoms with Gasteiger partial charge in [-0.25, -0.2) is 18.0 Å². The van der Waals surface area contributed by atoms with Crippen LogP contribution in [0.4, 0.5) is 0 Å². The van der Waals surface area contributed by atoms with Crippen molar-refractivity contribution >= 4 is 49.5 Å². The standard InChI is InChI=1S/C18H27N3O9S3/c1-6-19-14-9-21(5)33(27,28)18-13(14)7-15(31-18)32(25,26)20-8-10(2)29-17(24)12(4)30-16(23)11(3)22/h7-8,10-12,14,19,22H,6,9H2,1-5H3/t10?,11?,12?,14-/m0/s1. The number of aliphatic hydroxyl groups excluding tert-OH is 1. The van der Waals surface area contributed by atoms with E-state index < -0.39 is 50.3 Å². The van der Waals surface area contributed by atoms with Crippen molar-refractivity contribution in [3.8, 4) is 0 Å². The van der Waals surface area contributed by atoms with Crippen molar-refractivity contribution < 1.29 is 41.0 Å². The molecule has 0 saturated heterocycles. The first-order valence-electron chi connectivity index (χ1n) is 9.93. The molecule has 0 aliphatic carbocycles. The summed E-state index contributed by atoms with van der Waals surface area (Å²) in [7, 11) is -6.67. The fraction of sp³-hybridized carbons (Fsp3) is 0.611. The summed E-state index contributed by atoms with van der Waals surface area (Å²) in [6.07, 6.45) is -2.97. The number of hydrogen-bond acceptors (Lipinski definition) is 11. The summed E-state index contributed by atoms with van der Waals surface area (Å²) in [5.41, 5.74) is 0.363. The van der Waals surface area contributed by atoms with Crippen LogP contribution >= 0.6 is 11.3 Å². The molecule has 0 aromatic carbocycles. The maximum Gasteiger partial charge on any atom is 0.347 e. The lowest BCUT2D eigenvalue weighted by Gasteiger charge is -2.29. The predicted molar refractivity (Wildman–Crippen MR) is 119 cm³/mol. The van der Waals surface area contributed by atoms with Gasteiger partial charge in [0.1, 0.15) is 20.6 Å². The number of likely N-dealkylation sites (N-methyl/N-ethyl adjacent to an activating group) is 2. The van der Waals surface area contributed by atoms with Crippen molar-refractivity contribution in [1.29, 1.82) is 0 Å². The number of rotatable bonds is 9. The molecule has 1 aromatic heterocycles. The quantitative estimate of drug-likeness (QED) is 0.331. The van der Waals surface area contributed by atoms with Crippen LogP contribution < -0.4 is 5.32 Å². The third kappa shape index (κ3) is 6.36. The highest BCUT2D eigenvalue weighted by Crippen LogP contribution is 2.40. The predicted octanol–water partition coefficient (Wildman–Crippen LogP) is 0.0365. The van der Waals surface area contributed by atoms with Gasteiger partial charge in [0.05, 0.1) is 6.21 Å². The van der Waals surface area contributed by atoms with Crippen molar-refractivity contribution in [2.75, 3.05) is 20.1 Å². The Labute approximate surface area is 196 Å². The van der Waals surface area contributed by atoms with Crippen LogP contribution in [0.3, 0.4) is 0 Å². The molecule has 0 amide bonds. The number of hydrogen-bond donors (Lipinski definition) is 2. The minimum absolute atomic E-state index is 0.0656. The smallest absolute Gasteiger partial charge is 0.347 e. The zero-order valence-corrected chi connectivity index (χ0v) is 21.2. The lowest BCUT2D eigenvalue weighted by molar-refractivity contribution is -0.172.